The molecule has 7 heteroatoms. The number of primary sulfonamides is 1. The Balaban J connectivity index is 2.15. The highest BCUT2D eigenvalue weighted by Crippen LogP contribution is 2.22. The van der Waals surface area contributed by atoms with Crippen molar-refractivity contribution in [2.75, 3.05) is 11.1 Å². The maximum Gasteiger partial charge on any atom is 0.238 e. The summed E-state index contributed by atoms with van der Waals surface area (Å²) in [7, 11) is -3.76. The Kier molecular flexibility index (Phi) is 4.46. The number of aliphatic hydroxyl groups excluding tert-OH is 1. The number of nitrogens with one attached hydrogen (secondary N) is 1. The molecule has 112 valence electrons. The van der Waals surface area contributed by atoms with Gasteiger partial charge in [-0.3, -0.25) is 0 Å². The first-order valence-electron chi connectivity index (χ1n) is 6.25. The van der Waals surface area contributed by atoms with Crippen LogP contribution in [0.4, 0.5) is 11.4 Å². The van der Waals surface area contributed by atoms with E-state index in [9.17, 15) is 8.42 Å². The minimum Gasteiger partial charge on any atom is -0.397 e. The number of sulfonamides is 1. The number of rotatable bonds is 5. The van der Waals surface area contributed by atoms with Gasteiger partial charge in [0, 0.05) is 6.54 Å². The molecule has 0 amide bonds. The van der Waals surface area contributed by atoms with E-state index in [1.54, 1.807) is 0 Å². The monoisotopic (exact) mass is 307 g/mol. The average molecular weight is 307 g/mol. The Hall–Kier alpha value is -2.09. The second-order valence-corrected chi connectivity index (χ2v) is 6.18. The number of nitrogens with two attached hydrogens (primary N) is 2. The number of nitrogen functional groups attached to an aromatic ring is 1. The molecule has 0 unspecified atom stereocenters. The number of benzene rings is 2. The lowest BCUT2D eigenvalue weighted by Gasteiger charge is -2.11. The molecule has 21 heavy (non-hydrogen) atoms. The van der Waals surface area contributed by atoms with E-state index in [0.717, 1.165) is 11.1 Å². The van der Waals surface area contributed by atoms with Crippen molar-refractivity contribution in [2.45, 2.75) is 18.0 Å². The molecule has 0 heterocycles. The molecule has 6 N–H and O–H groups in total. The lowest BCUT2D eigenvalue weighted by Crippen LogP contribution is -2.13. The van der Waals surface area contributed by atoms with Gasteiger partial charge in [-0.2, -0.15) is 0 Å². The van der Waals surface area contributed by atoms with Crippen molar-refractivity contribution >= 4 is 21.4 Å². The highest BCUT2D eigenvalue weighted by molar-refractivity contribution is 7.89. The van der Waals surface area contributed by atoms with Crippen LogP contribution in [0.5, 0.6) is 0 Å². The maximum atomic E-state index is 11.3. The average Bonchev–Trinajstić information content (AvgIpc) is 2.45. The van der Waals surface area contributed by atoms with E-state index in [-0.39, 0.29) is 11.5 Å². The van der Waals surface area contributed by atoms with Crippen molar-refractivity contribution in [3.63, 3.8) is 0 Å². The van der Waals surface area contributed by atoms with Gasteiger partial charge in [-0.05, 0) is 29.3 Å². The quantitative estimate of drug-likeness (QED) is 0.615. The minimum absolute atomic E-state index is 0.00292. The van der Waals surface area contributed by atoms with Gasteiger partial charge < -0.3 is 16.2 Å². The molecule has 0 saturated heterocycles. The van der Waals surface area contributed by atoms with Gasteiger partial charge in [-0.25, -0.2) is 13.6 Å². The van der Waals surface area contributed by atoms with Gasteiger partial charge in [-0.15, -0.1) is 0 Å². The zero-order valence-electron chi connectivity index (χ0n) is 11.3. The standard InChI is InChI=1S/C14H17N3O3S/c15-13-6-5-12(21(16,19)20)7-14(13)17-8-10-1-3-11(9-18)4-2-10/h1-7,17-18H,8-9,15H2,(H2,16,19,20). The van der Waals surface area contributed by atoms with Crippen molar-refractivity contribution in [3.05, 3.63) is 53.6 Å². The molecule has 2 aromatic rings. The summed E-state index contributed by atoms with van der Waals surface area (Å²) in [6.07, 6.45) is 0. The Morgan fingerprint density at radius 2 is 1.67 bits per heavy atom. The van der Waals surface area contributed by atoms with Crippen LogP contribution >= 0.6 is 0 Å². The lowest BCUT2D eigenvalue weighted by atomic mass is 10.1. The van der Waals surface area contributed by atoms with E-state index >= 15 is 0 Å². The number of aliphatic hydroxyl groups is 1. The number of hydrogen-bond acceptors (Lipinski definition) is 5. The Morgan fingerprint density at radius 3 is 2.24 bits per heavy atom. The fourth-order valence-electron chi connectivity index (χ4n) is 1.83. The second kappa shape index (κ2) is 6.13. The Labute approximate surface area is 123 Å². The number of anilines is 2. The fraction of sp³-hybridized carbons (Fsp3) is 0.143. The normalized spacial score (nSPS) is 11.3. The maximum absolute atomic E-state index is 11.3. The summed E-state index contributed by atoms with van der Waals surface area (Å²) >= 11 is 0. The molecular formula is C14H17N3O3S. The molecule has 6 nitrogen and oxygen atoms in total. The van der Waals surface area contributed by atoms with E-state index < -0.39 is 10.0 Å². The van der Waals surface area contributed by atoms with E-state index in [0.29, 0.717) is 17.9 Å². The first-order chi connectivity index (χ1) is 9.90. The topological polar surface area (TPSA) is 118 Å². The van der Waals surface area contributed by atoms with Crippen molar-refractivity contribution in [3.8, 4) is 0 Å². The van der Waals surface area contributed by atoms with E-state index in [1.165, 1.54) is 18.2 Å². The molecular weight excluding hydrogens is 290 g/mol. The van der Waals surface area contributed by atoms with E-state index in [2.05, 4.69) is 5.32 Å². The SMILES string of the molecule is Nc1ccc(S(N)(=O)=O)cc1NCc1ccc(CO)cc1. The third-order valence-corrected chi connectivity index (χ3v) is 3.95. The van der Waals surface area contributed by atoms with Crippen LogP contribution < -0.4 is 16.2 Å². The molecule has 0 spiro atoms. The van der Waals surface area contributed by atoms with E-state index in [4.69, 9.17) is 16.0 Å². The molecule has 0 aliphatic rings. The van der Waals surface area contributed by atoms with Crippen LogP contribution in [-0.4, -0.2) is 13.5 Å². The van der Waals surface area contributed by atoms with Gasteiger partial charge in [0.05, 0.1) is 22.9 Å². The molecule has 0 atom stereocenters. The highest BCUT2D eigenvalue weighted by Gasteiger charge is 2.10. The second-order valence-electron chi connectivity index (χ2n) is 4.62. The highest BCUT2D eigenvalue weighted by atomic mass is 32.2. The third-order valence-electron chi connectivity index (χ3n) is 3.04. The van der Waals surface area contributed by atoms with Crippen LogP contribution in [0.2, 0.25) is 0 Å². The van der Waals surface area contributed by atoms with Crippen LogP contribution in [0.15, 0.2) is 47.4 Å². The zero-order chi connectivity index (χ0) is 15.5. The summed E-state index contributed by atoms with van der Waals surface area (Å²) in [5, 5.41) is 17.1. The molecule has 0 fully saturated rings. The van der Waals surface area contributed by atoms with Gasteiger partial charge >= 0.3 is 0 Å². The smallest absolute Gasteiger partial charge is 0.238 e. The van der Waals surface area contributed by atoms with Crippen LogP contribution in [0.25, 0.3) is 0 Å². The van der Waals surface area contributed by atoms with Crippen molar-refractivity contribution in [1.82, 2.24) is 0 Å². The Morgan fingerprint density at radius 1 is 1.05 bits per heavy atom. The van der Waals surface area contributed by atoms with Crippen LogP contribution in [-0.2, 0) is 23.2 Å². The van der Waals surface area contributed by atoms with Crippen LogP contribution in [0.1, 0.15) is 11.1 Å². The predicted molar refractivity (Wildman–Crippen MR) is 81.9 cm³/mol. The van der Waals surface area contributed by atoms with Crippen molar-refractivity contribution in [2.24, 2.45) is 5.14 Å². The molecule has 0 aliphatic carbocycles. The predicted octanol–water partition coefficient (Wildman–Crippen LogP) is 1.02. The first kappa shape index (κ1) is 15.3. The molecule has 0 aliphatic heterocycles. The Bertz CT molecular complexity index is 728. The summed E-state index contributed by atoms with van der Waals surface area (Å²) in [5.41, 5.74) is 8.57. The summed E-state index contributed by atoms with van der Waals surface area (Å²) in [5.74, 6) is 0. The molecule has 2 aromatic carbocycles. The van der Waals surface area contributed by atoms with E-state index in [1.807, 2.05) is 24.3 Å². The molecule has 0 aromatic heterocycles. The lowest BCUT2D eigenvalue weighted by molar-refractivity contribution is 0.282. The molecule has 2 rings (SSSR count). The fourth-order valence-corrected chi connectivity index (χ4v) is 2.37. The van der Waals surface area contributed by atoms with Crippen molar-refractivity contribution < 1.29 is 13.5 Å². The van der Waals surface area contributed by atoms with Gasteiger partial charge in [0.2, 0.25) is 10.0 Å². The third kappa shape index (κ3) is 3.94. The summed E-state index contributed by atoms with van der Waals surface area (Å²) in [6.45, 7) is 0.473. The minimum atomic E-state index is -3.76. The van der Waals surface area contributed by atoms with Crippen LogP contribution in [0.3, 0.4) is 0 Å². The first-order valence-corrected chi connectivity index (χ1v) is 7.79. The van der Waals surface area contributed by atoms with Gasteiger partial charge in [0.25, 0.3) is 0 Å². The largest absolute Gasteiger partial charge is 0.397 e. The van der Waals surface area contributed by atoms with Crippen LogP contribution in [0, 0.1) is 0 Å². The molecule has 0 radical (unpaired) electrons. The summed E-state index contributed by atoms with van der Waals surface area (Å²) in [4.78, 5) is 0.00910. The molecule has 0 bridgehead atoms. The van der Waals surface area contributed by atoms with Gasteiger partial charge in [0.15, 0.2) is 0 Å². The van der Waals surface area contributed by atoms with Gasteiger partial charge in [-0.1, -0.05) is 24.3 Å². The summed E-state index contributed by atoms with van der Waals surface area (Å²) in [6, 6.07) is 11.7. The zero-order valence-corrected chi connectivity index (χ0v) is 12.1. The number of hydrogen-bond donors (Lipinski definition) is 4. The van der Waals surface area contributed by atoms with Gasteiger partial charge in [0.1, 0.15) is 0 Å². The molecule has 0 saturated carbocycles. The summed E-state index contributed by atoms with van der Waals surface area (Å²) < 4.78 is 22.7. The van der Waals surface area contributed by atoms with Crippen molar-refractivity contribution in [1.29, 1.82) is 0 Å².